The molecule has 2 aliphatic rings. The summed E-state index contributed by atoms with van der Waals surface area (Å²) < 4.78 is 5.30. The van der Waals surface area contributed by atoms with Crippen molar-refractivity contribution >= 4 is 11.4 Å². The number of anilines is 1. The molecule has 1 saturated carbocycles. The lowest BCUT2D eigenvalue weighted by atomic mass is 9.85. The minimum Gasteiger partial charge on any atom is -0.384 e. The minimum absolute atomic E-state index is 0.175. The molecule has 1 aromatic carbocycles. The first kappa shape index (κ1) is 19.1. The number of nitrogens with zero attached hydrogens (tertiary/aromatic N) is 2. The third kappa shape index (κ3) is 4.74. The molecule has 1 aromatic rings. The van der Waals surface area contributed by atoms with Gasteiger partial charge in [-0.2, -0.15) is 0 Å². The van der Waals surface area contributed by atoms with Gasteiger partial charge in [0.2, 0.25) is 0 Å². The third-order valence-corrected chi connectivity index (χ3v) is 5.97. The SMILES string of the molecule is COCC1CCC(N2CCC(Nc3cc(C)ccc3[N+](=O)[O-])CC2)CC1. The number of rotatable bonds is 6. The van der Waals surface area contributed by atoms with E-state index in [-0.39, 0.29) is 10.6 Å². The lowest BCUT2D eigenvalue weighted by Crippen LogP contribution is -2.46. The van der Waals surface area contributed by atoms with Crippen LogP contribution in [0.3, 0.4) is 0 Å². The maximum absolute atomic E-state index is 11.3. The first-order valence-electron chi connectivity index (χ1n) is 9.81. The Morgan fingerprint density at radius 3 is 2.50 bits per heavy atom. The summed E-state index contributed by atoms with van der Waals surface area (Å²) in [6.07, 6.45) is 7.18. The predicted molar refractivity (Wildman–Crippen MR) is 104 cm³/mol. The third-order valence-electron chi connectivity index (χ3n) is 5.97. The number of benzene rings is 1. The van der Waals surface area contributed by atoms with Crippen LogP contribution < -0.4 is 5.32 Å². The summed E-state index contributed by atoms with van der Waals surface area (Å²) in [6.45, 7) is 5.03. The maximum atomic E-state index is 11.3. The molecule has 1 aliphatic heterocycles. The van der Waals surface area contributed by atoms with Gasteiger partial charge in [0.1, 0.15) is 5.69 Å². The zero-order chi connectivity index (χ0) is 18.5. The van der Waals surface area contributed by atoms with E-state index in [1.165, 1.54) is 25.7 Å². The summed E-state index contributed by atoms with van der Waals surface area (Å²) in [6, 6.07) is 6.31. The molecule has 6 nitrogen and oxygen atoms in total. The molecule has 3 rings (SSSR count). The minimum atomic E-state index is -0.296. The number of ether oxygens (including phenoxy) is 1. The number of likely N-dealkylation sites (tertiary alicyclic amines) is 1. The van der Waals surface area contributed by atoms with Gasteiger partial charge < -0.3 is 15.0 Å². The van der Waals surface area contributed by atoms with Gasteiger partial charge in [0, 0.05) is 45.0 Å². The number of nitrogens with one attached hydrogen (secondary N) is 1. The molecular formula is C20H31N3O3. The van der Waals surface area contributed by atoms with Crippen LogP contribution in [-0.2, 0) is 4.74 Å². The van der Waals surface area contributed by atoms with E-state index in [0.717, 1.165) is 44.0 Å². The zero-order valence-electron chi connectivity index (χ0n) is 15.9. The summed E-state index contributed by atoms with van der Waals surface area (Å²) in [4.78, 5) is 13.6. The Balaban J connectivity index is 1.50. The molecule has 0 aromatic heterocycles. The van der Waals surface area contributed by atoms with Gasteiger partial charge in [-0.05, 0) is 63.0 Å². The van der Waals surface area contributed by atoms with Crippen molar-refractivity contribution in [2.45, 2.75) is 57.5 Å². The highest BCUT2D eigenvalue weighted by molar-refractivity contribution is 5.63. The molecule has 26 heavy (non-hydrogen) atoms. The molecular weight excluding hydrogens is 330 g/mol. The van der Waals surface area contributed by atoms with Crippen molar-refractivity contribution in [1.82, 2.24) is 4.90 Å². The van der Waals surface area contributed by atoms with Gasteiger partial charge in [0.15, 0.2) is 0 Å². The van der Waals surface area contributed by atoms with Crippen LogP contribution in [0, 0.1) is 23.0 Å². The predicted octanol–water partition coefficient (Wildman–Crippen LogP) is 3.98. The van der Waals surface area contributed by atoms with Gasteiger partial charge in [-0.25, -0.2) is 0 Å². The van der Waals surface area contributed by atoms with E-state index < -0.39 is 0 Å². The summed E-state index contributed by atoms with van der Waals surface area (Å²) in [5.41, 5.74) is 1.88. The fourth-order valence-corrected chi connectivity index (χ4v) is 4.47. The van der Waals surface area contributed by atoms with Crippen LogP contribution in [0.15, 0.2) is 18.2 Å². The van der Waals surface area contributed by atoms with Gasteiger partial charge in [-0.15, -0.1) is 0 Å². The van der Waals surface area contributed by atoms with Crippen LogP contribution in [0.4, 0.5) is 11.4 Å². The number of hydrogen-bond donors (Lipinski definition) is 1. The van der Waals surface area contributed by atoms with E-state index in [4.69, 9.17) is 4.74 Å². The normalized spacial score (nSPS) is 25.2. The second kappa shape index (κ2) is 8.82. The van der Waals surface area contributed by atoms with Crippen LogP contribution in [0.25, 0.3) is 0 Å². The van der Waals surface area contributed by atoms with Crippen molar-refractivity contribution in [3.05, 3.63) is 33.9 Å². The van der Waals surface area contributed by atoms with Gasteiger partial charge >= 0.3 is 0 Å². The largest absolute Gasteiger partial charge is 0.384 e. The summed E-state index contributed by atoms with van der Waals surface area (Å²) in [5, 5.41) is 14.7. The Hall–Kier alpha value is -1.66. The molecule has 0 bridgehead atoms. The Morgan fingerprint density at radius 1 is 1.19 bits per heavy atom. The molecule has 1 saturated heterocycles. The monoisotopic (exact) mass is 361 g/mol. The molecule has 2 fully saturated rings. The number of aryl methyl sites for hydroxylation is 1. The average molecular weight is 361 g/mol. The van der Waals surface area contributed by atoms with Crippen LogP contribution in [0.5, 0.6) is 0 Å². The van der Waals surface area contributed by atoms with Gasteiger partial charge in [-0.1, -0.05) is 6.07 Å². The average Bonchev–Trinajstić information content (AvgIpc) is 2.63. The molecule has 144 valence electrons. The van der Waals surface area contributed by atoms with E-state index >= 15 is 0 Å². The lowest BCUT2D eigenvalue weighted by molar-refractivity contribution is -0.384. The van der Waals surface area contributed by atoms with E-state index in [1.807, 2.05) is 13.0 Å². The van der Waals surface area contributed by atoms with Crippen molar-refractivity contribution in [2.75, 3.05) is 32.1 Å². The van der Waals surface area contributed by atoms with E-state index in [0.29, 0.717) is 17.8 Å². The molecule has 1 aliphatic carbocycles. The van der Waals surface area contributed by atoms with Crippen LogP contribution in [0.2, 0.25) is 0 Å². The van der Waals surface area contributed by atoms with Crippen molar-refractivity contribution in [2.24, 2.45) is 5.92 Å². The zero-order valence-corrected chi connectivity index (χ0v) is 15.9. The highest BCUT2D eigenvalue weighted by Gasteiger charge is 2.29. The van der Waals surface area contributed by atoms with E-state index in [2.05, 4.69) is 10.2 Å². The second-order valence-corrected chi connectivity index (χ2v) is 7.86. The van der Waals surface area contributed by atoms with Gasteiger partial charge in [-0.3, -0.25) is 10.1 Å². The first-order chi connectivity index (χ1) is 12.6. The summed E-state index contributed by atoms with van der Waals surface area (Å²) in [5.74, 6) is 0.734. The highest BCUT2D eigenvalue weighted by Crippen LogP contribution is 2.31. The highest BCUT2D eigenvalue weighted by atomic mass is 16.6. The van der Waals surface area contributed by atoms with Crippen molar-refractivity contribution in [1.29, 1.82) is 0 Å². The molecule has 1 heterocycles. The molecule has 1 N–H and O–H groups in total. The van der Waals surface area contributed by atoms with Crippen molar-refractivity contribution in [3.63, 3.8) is 0 Å². The molecule has 0 amide bonds. The lowest BCUT2D eigenvalue weighted by Gasteiger charge is -2.41. The Labute approximate surface area is 156 Å². The molecule has 0 spiro atoms. The van der Waals surface area contributed by atoms with Gasteiger partial charge in [0.05, 0.1) is 4.92 Å². The standard InChI is InChI=1S/C20H31N3O3/c1-15-3-8-20(23(24)25)19(13-15)21-17-9-11-22(12-10-17)18-6-4-16(5-7-18)14-26-2/h3,8,13,16-18,21H,4-7,9-12,14H2,1-2H3. The van der Waals surface area contributed by atoms with Crippen LogP contribution in [-0.4, -0.2) is 48.7 Å². The summed E-state index contributed by atoms with van der Waals surface area (Å²) in [7, 11) is 1.79. The maximum Gasteiger partial charge on any atom is 0.292 e. The van der Waals surface area contributed by atoms with Crippen molar-refractivity contribution < 1.29 is 9.66 Å². The van der Waals surface area contributed by atoms with E-state index in [9.17, 15) is 10.1 Å². The number of nitro groups is 1. The fraction of sp³-hybridized carbons (Fsp3) is 0.700. The first-order valence-corrected chi connectivity index (χ1v) is 9.81. The number of piperidine rings is 1. The van der Waals surface area contributed by atoms with Crippen molar-refractivity contribution in [3.8, 4) is 0 Å². The van der Waals surface area contributed by atoms with Crippen LogP contribution >= 0.6 is 0 Å². The number of methoxy groups -OCH3 is 1. The van der Waals surface area contributed by atoms with E-state index in [1.54, 1.807) is 19.2 Å². The Kier molecular flexibility index (Phi) is 6.48. The molecule has 0 unspecified atom stereocenters. The quantitative estimate of drug-likeness (QED) is 0.613. The number of hydrogen-bond acceptors (Lipinski definition) is 5. The second-order valence-electron chi connectivity index (χ2n) is 7.86. The number of nitro benzene ring substituents is 1. The molecule has 0 radical (unpaired) electrons. The Morgan fingerprint density at radius 2 is 1.88 bits per heavy atom. The Bertz CT molecular complexity index is 606. The van der Waals surface area contributed by atoms with Gasteiger partial charge in [0.25, 0.3) is 5.69 Å². The molecule has 0 atom stereocenters. The van der Waals surface area contributed by atoms with Crippen LogP contribution in [0.1, 0.15) is 44.1 Å². The smallest absolute Gasteiger partial charge is 0.292 e. The fourth-order valence-electron chi connectivity index (χ4n) is 4.47. The summed E-state index contributed by atoms with van der Waals surface area (Å²) >= 11 is 0. The topological polar surface area (TPSA) is 67.6 Å². The molecule has 6 heteroatoms.